The number of hydrogen-bond acceptors (Lipinski definition) is 6. The van der Waals surface area contributed by atoms with Gasteiger partial charge in [0.05, 0.1) is 18.0 Å². The molecule has 1 fully saturated rings. The molecule has 2 aliphatic rings. The highest BCUT2D eigenvalue weighted by Gasteiger charge is 2.34. The molecule has 1 aromatic heterocycles. The van der Waals surface area contributed by atoms with Gasteiger partial charge in [0.1, 0.15) is 11.9 Å². The first kappa shape index (κ1) is 27.9. The number of anilines is 2. The van der Waals surface area contributed by atoms with Crippen LogP contribution in [0, 0.1) is 5.82 Å². The Hall–Kier alpha value is -4.63. The molecule has 0 radical (unpaired) electrons. The van der Waals surface area contributed by atoms with Crippen molar-refractivity contribution in [2.24, 2.45) is 4.99 Å². The van der Waals surface area contributed by atoms with Crippen molar-refractivity contribution in [3.05, 3.63) is 106 Å². The van der Waals surface area contributed by atoms with Crippen molar-refractivity contribution in [3.8, 4) is 11.3 Å². The number of nitrogens with zero attached hydrogens (tertiary/aromatic N) is 4. The average molecular weight is 572 g/mol. The van der Waals surface area contributed by atoms with E-state index >= 15 is 0 Å². The lowest BCUT2D eigenvalue weighted by atomic mass is 9.95. The Morgan fingerprint density at radius 3 is 2.56 bits per heavy atom. The average Bonchev–Trinajstić information content (AvgIpc) is 3.40. The van der Waals surface area contributed by atoms with Crippen LogP contribution in [0.15, 0.2) is 77.9 Å². The molecule has 2 aliphatic heterocycles. The molecule has 10 heteroatoms. The van der Waals surface area contributed by atoms with E-state index in [-0.39, 0.29) is 25.7 Å². The molecule has 8 nitrogen and oxygen atoms in total. The number of rotatable bonds is 5. The van der Waals surface area contributed by atoms with Crippen LogP contribution in [0.2, 0.25) is 5.02 Å². The highest BCUT2D eigenvalue weighted by molar-refractivity contribution is 6.31. The third-order valence-corrected chi connectivity index (χ3v) is 7.31. The second-order valence-corrected chi connectivity index (χ2v) is 10.0. The molecule has 1 atom stereocenters. The maximum Gasteiger partial charge on any atom is 0.326 e. The van der Waals surface area contributed by atoms with Crippen LogP contribution >= 0.6 is 11.6 Å². The molecule has 4 aromatic rings. The number of carbonyl (C=O) groups excluding carboxylic acids is 1. The second-order valence-electron chi connectivity index (χ2n) is 9.60. The van der Waals surface area contributed by atoms with E-state index in [1.807, 2.05) is 6.07 Å². The maximum absolute atomic E-state index is 14.8. The van der Waals surface area contributed by atoms with Crippen LogP contribution in [0.1, 0.15) is 47.3 Å². The van der Waals surface area contributed by atoms with Crippen LogP contribution in [0.3, 0.4) is 0 Å². The summed E-state index contributed by atoms with van der Waals surface area (Å²) < 4.78 is 14.8. The van der Waals surface area contributed by atoms with Crippen LogP contribution in [0.4, 0.5) is 16.0 Å². The fourth-order valence-corrected chi connectivity index (χ4v) is 5.30. The van der Waals surface area contributed by atoms with Gasteiger partial charge in [-0.2, -0.15) is 0 Å². The first-order valence-electron chi connectivity index (χ1n) is 12.8. The van der Waals surface area contributed by atoms with Crippen molar-refractivity contribution in [2.45, 2.75) is 32.9 Å². The van der Waals surface area contributed by atoms with Gasteiger partial charge in [-0.3, -0.25) is 9.79 Å². The topological polar surface area (TPSA) is 108 Å². The fraction of sp³-hybridized carbons (Fsp3) is 0.194. The molecule has 0 saturated carbocycles. The van der Waals surface area contributed by atoms with Crippen LogP contribution in [-0.2, 0) is 11.3 Å². The van der Waals surface area contributed by atoms with E-state index in [0.29, 0.717) is 64.1 Å². The minimum absolute atomic E-state index is 0. The fourth-order valence-electron chi connectivity index (χ4n) is 5.13. The number of benzene rings is 3. The number of halogens is 2. The zero-order valence-corrected chi connectivity index (χ0v) is 21.9. The number of aliphatic carboxylic acids is 1. The number of carboxylic acids is 1. The molecule has 0 spiro atoms. The van der Waals surface area contributed by atoms with Gasteiger partial charge >= 0.3 is 5.97 Å². The van der Waals surface area contributed by atoms with Crippen molar-refractivity contribution < 1.29 is 19.1 Å². The molecule has 1 unspecified atom stereocenters. The van der Waals surface area contributed by atoms with Crippen LogP contribution in [0.25, 0.3) is 11.3 Å². The number of carbonyl (C=O) groups is 2. The molecular formula is C31H27ClFN5O3. The van der Waals surface area contributed by atoms with Gasteiger partial charge < -0.3 is 15.3 Å². The number of likely N-dealkylation sites (tertiary alicyclic amines) is 1. The summed E-state index contributed by atoms with van der Waals surface area (Å²) in [4.78, 5) is 39.7. The van der Waals surface area contributed by atoms with Crippen molar-refractivity contribution in [3.63, 3.8) is 0 Å². The van der Waals surface area contributed by atoms with Gasteiger partial charge in [0, 0.05) is 51.3 Å². The van der Waals surface area contributed by atoms with Crippen LogP contribution in [-0.4, -0.2) is 50.1 Å². The van der Waals surface area contributed by atoms with Gasteiger partial charge in [-0.1, -0.05) is 37.2 Å². The predicted octanol–water partition coefficient (Wildman–Crippen LogP) is 6.36. The Morgan fingerprint density at radius 2 is 1.80 bits per heavy atom. The van der Waals surface area contributed by atoms with Gasteiger partial charge in [-0.25, -0.2) is 19.2 Å². The van der Waals surface area contributed by atoms with Crippen LogP contribution in [0.5, 0.6) is 0 Å². The molecule has 41 heavy (non-hydrogen) atoms. The predicted molar refractivity (Wildman–Crippen MR) is 156 cm³/mol. The third-order valence-electron chi connectivity index (χ3n) is 7.08. The smallest absolute Gasteiger partial charge is 0.326 e. The van der Waals surface area contributed by atoms with Crippen molar-refractivity contribution in [2.75, 3.05) is 11.9 Å². The Balaban J connectivity index is 0.00000337. The van der Waals surface area contributed by atoms with E-state index < -0.39 is 12.0 Å². The molecule has 0 bridgehead atoms. The molecule has 1 amide bonds. The van der Waals surface area contributed by atoms with Crippen molar-refractivity contribution in [1.82, 2.24) is 14.9 Å². The SMILES string of the molecule is C.O=C(O)C1CCCN1C(=O)c1ccc(Nc2ncc3c(n2)-c2ccc(Cl)cc2C(c2ccccc2F)=NC3)cc1. The number of nitrogens with one attached hydrogen (secondary N) is 1. The highest BCUT2D eigenvalue weighted by Crippen LogP contribution is 2.34. The van der Waals surface area contributed by atoms with Gasteiger partial charge in [0.15, 0.2) is 0 Å². The molecule has 2 N–H and O–H groups in total. The van der Waals surface area contributed by atoms with E-state index in [9.17, 15) is 19.1 Å². The van der Waals surface area contributed by atoms with Crippen LogP contribution < -0.4 is 5.32 Å². The normalized spacial score (nSPS) is 15.6. The number of aliphatic imine (C=N–C) groups is 1. The van der Waals surface area contributed by atoms with E-state index in [2.05, 4.69) is 10.3 Å². The van der Waals surface area contributed by atoms with E-state index in [4.69, 9.17) is 21.6 Å². The maximum atomic E-state index is 14.8. The summed E-state index contributed by atoms with van der Waals surface area (Å²) >= 11 is 6.34. The summed E-state index contributed by atoms with van der Waals surface area (Å²) in [5, 5.41) is 13.1. The Labute approximate surface area is 241 Å². The Kier molecular flexibility index (Phi) is 7.81. The Bertz CT molecular complexity index is 1680. The monoisotopic (exact) mass is 571 g/mol. The van der Waals surface area contributed by atoms with Crippen molar-refractivity contribution in [1.29, 1.82) is 0 Å². The molecule has 3 heterocycles. The van der Waals surface area contributed by atoms with Crippen molar-refractivity contribution >= 4 is 40.8 Å². The molecule has 208 valence electrons. The first-order chi connectivity index (χ1) is 19.4. The highest BCUT2D eigenvalue weighted by atomic mass is 35.5. The standard InChI is InChI=1S/C30H23ClFN5O3.CH4/c31-19-9-12-21-23(14-19)27(22-4-1-2-5-24(22)32)33-15-18-16-34-30(36-26(18)21)35-20-10-7-17(8-11-20)28(38)37-13-3-6-25(37)29(39)40;/h1-2,4-5,7-12,14,16,25H,3,6,13,15H2,(H,39,40)(H,34,35,36);1H4. The second kappa shape index (κ2) is 11.5. The van der Waals surface area contributed by atoms with E-state index in [1.165, 1.54) is 11.0 Å². The Morgan fingerprint density at radius 1 is 1.02 bits per heavy atom. The summed E-state index contributed by atoms with van der Waals surface area (Å²) in [5.41, 5.74) is 4.79. The minimum atomic E-state index is -0.986. The lowest BCUT2D eigenvalue weighted by molar-refractivity contribution is -0.141. The largest absolute Gasteiger partial charge is 0.480 e. The minimum Gasteiger partial charge on any atom is -0.480 e. The number of carboxylic acid groups (broad SMARTS) is 1. The first-order valence-corrected chi connectivity index (χ1v) is 13.1. The summed E-state index contributed by atoms with van der Waals surface area (Å²) in [7, 11) is 0. The van der Waals surface area contributed by atoms with Gasteiger partial charge in [0.25, 0.3) is 5.91 Å². The molecule has 0 aliphatic carbocycles. The van der Waals surface area contributed by atoms with Gasteiger partial charge in [0.2, 0.25) is 5.95 Å². The summed E-state index contributed by atoms with van der Waals surface area (Å²) in [5.74, 6) is -1.34. The number of hydrogen-bond donors (Lipinski definition) is 2. The zero-order valence-electron chi connectivity index (χ0n) is 21.1. The number of aromatic nitrogens is 2. The molecular weight excluding hydrogens is 545 g/mol. The zero-order chi connectivity index (χ0) is 27.8. The number of fused-ring (bicyclic) bond motifs is 3. The van der Waals surface area contributed by atoms with E-state index in [1.54, 1.807) is 60.8 Å². The molecule has 6 rings (SSSR count). The van der Waals surface area contributed by atoms with Gasteiger partial charge in [-0.15, -0.1) is 0 Å². The third kappa shape index (κ3) is 5.40. The lowest BCUT2D eigenvalue weighted by Gasteiger charge is -2.21. The number of amides is 1. The quantitative estimate of drug-likeness (QED) is 0.289. The van der Waals surface area contributed by atoms with Gasteiger partial charge in [-0.05, 0) is 61.4 Å². The molecule has 1 saturated heterocycles. The summed E-state index contributed by atoms with van der Waals surface area (Å²) in [6.45, 7) is 0.685. The lowest BCUT2D eigenvalue weighted by Crippen LogP contribution is -2.40. The van der Waals surface area contributed by atoms with E-state index in [0.717, 1.165) is 11.1 Å². The summed E-state index contributed by atoms with van der Waals surface area (Å²) in [6.07, 6.45) is 2.81. The molecule has 3 aromatic carbocycles. The summed E-state index contributed by atoms with van der Waals surface area (Å²) in [6, 6.07) is 17.8.